The second-order valence-corrected chi connectivity index (χ2v) is 4.20. The standard InChI is InChI=1S/C11H10ClNO2/c12-8-3-1-7(2-4-8)9-5-10(15-13-9)11-6-14-11/h1-4,10-11H,5-6H2/t10-,11-/m1/s1. The number of ether oxygens (including phenoxy) is 1. The van der Waals surface area contributed by atoms with E-state index in [0.29, 0.717) is 0 Å². The summed E-state index contributed by atoms with van der Waals surface area (Å²) in [6.45, 7) is 0.800. The first-order valence-electron chi connectivity index (χ1n) is 4.93. The highest BCUT2D eigenvalue weighted by molar-refractivity contribution is 6.30. The molecule has 1 aromatic carbocycles. The van der Waals surface area contributed by atoms with Crippen LogP contribution < -0.4 is 0 Å². The van der Waals surface area contributed by atoms with Crippen molar-refractivity contribution >= 4 is 17.3 Å². The molecule has 2 heterocycles. The topological polar surface area (TPSA) is 34.1 Å². The zero-order valence-electron chi connectivity index (χ0n) is 8.02. The van der Waals surface area contributed by atoms with Crippen LogP contribution in [0.5, 0.6) is 0 Å². The molecule has 0 amide bonds. The highest BCUT2D eigenvalue weighted by atomic mass is 35.5. The maximum Gasteiger partial charge on any atom is 0.161 e. The van der Waals surface area contributed by atoms with Gasteiger partial charge < -0.3 is 9.57 Å². The van der Waals surface area contributed by atoms with Gasteiger partial charge in [0, 0.05) is 11.4 Å². The molecule has 0 spiro atoms. The molecule has 0 aliphatic carbocycles. The van der Waals surface area contributed by atoms with Gasteiger partial charge in [0.1, 0.15) is 6.10 Å². The van der Waals surface area contributed by atoms with Crippen molar-refractivity contribution in [3.05, 3.63) is 34.9 Å². The Morgan fingerprint density at radius 1 is 1.20 bits per heavy atom. The van der Waals surface area contributed by atoms with Gasteiger partial charge in [0.05, 0.1) is 12.3 Å². The first-order chi connectivity index (χ1) is 7.33. The molecule has 0 unspecified atom stereocenters. The van der Waals surface area contributed by atoms with E-state index in [9.17, 15) is 0 Å². The van der Waals surface area contributed by atoms with Crippen LogP contribution >= 0.6 is 11.6 Å². The maximum absolute atomic E-state index is 5.82. The molecule has 0 saturated carbocycles. The van der Waals surface area contributed by atoms with Crippen LogP contribution in [0.4, 0.5) is 0 Å². The van der Waals surface area contributed by atoms with Crippen LogP contribution in [0.15, 0.2) is 29.4 Å². The summed E-state index contributed by atoms with van der Waals surface area (Å²) in [7, 11) is 0. The van der Waals surface area contributed by atoms with E-state index in [-0.39, 0.29) is 12.2 Å². The lowest BCUT2D eigenvalue weighted by Crippen LogP contribution is -2.15. The van der Waals surface area contributed by atoms with E-state index in [0.717, 1.165) is 29.3 Å². The lowest BCUT2D eigenvalue weighted by atomic mass is 10.0. The normalized spacial score (nSPS) is 28.5. The van der Waals surface area contributed by atoms with Crippen LogP contribution in [0.2, 0.25) is 5.02 Å². The lowest BCUT2D eigenvalue weighted by molar-refractivity contribution is 0.0627. The van der Waals surface area contributed by atoms with Crippen molar-refractivity contribution in [1.82, 2.24) is 0 Å². The zero-order valence-corrected chi connectivity index (χ0v) is 8.78. The number of rotatable bonds is 2. The Kier molecular flexibility index (Phi) is 2.15. The van der Waals surface area contributed by atoms with E-state index in [1.165, 1.54) is 0 Å². The highest BCUT2D eigenvalue weighted by Crippen LogP contribution is 2.26. The summed E-state index contributed by atoms with van der Waals surface area (Å²) >= 11 is 5.82. The minimum absolute atomic E-state index is 0.107. The minimum atomic E-state index is 0.107. The summed E-state index contributed by atoms with van der Waals surface area (Å²) in [5.74, 6) is 0. The van der Waals surface area contributed by atoms with Gasteiger partial charge in [0.25, 0.3) is 0 Å². The Labute approximate surface area is 92.6 Å². The third-order valence-corrected chi connectivity index (χ3v) is 2.90. The summed E-state index contributed by atoms with van der Waals surface area (Å²) in [6.07, 6.45) is 1.18. The minimum Gasteiger partial charge on any atom is -0.389 e. The van der Waals surface area contributed by atoms with Crippen molar-refractivity contribution < 1.29 is 9.57 Å². The van der Waals surface area contributed by atoms with Crippen molar-refractivity contribution in [2.75, 3.05) is 6.61 Å². The summed E-state index contributed by atoms with van der Waals surface area (Å²) < 4.78 is 5.18. The van der Waals surface area contributed by atoms with Gasteiger partial charge >= 0.3 is 0 Å². The first-order valence-corrected chi connectivity index (χ1v) is 5.31. The second-order valence-electron chi connectivity index (χ2n) is 3.76. The molecule has 3 rings (SSSR count). The number of epoxide rings is 1. The Morgan fingerprint density at radius 2 is 1.93 bits per heavy atom. The Bertz CT molecular complexity index is 398. The number of hydrogen-bond acceptors (Lipinski definition) is 3. The number of halogens is 1. The maximum atomic E-state index is 5.82. The van der Waals surface area contributed by atoms with E-state index in [4.69, 9.17) is 21.2 Å². The molecule has 15 heavy (non-hydrogen) atoms. The molecule has 1 fully saturated rings. The molecule has 1 saturated heterocycles. The predicted molar refractivity (Wildman–Crippen MR) is 57.2 cm³/mol. The van der Waals surface area contributed by atoms with Crippen LogP contribution in [0, 0.1) is 0 Å². The number of hydrogen-bond donors (Lipinski definition) is 0. The Morgan fingerprint density at radius 3 is 2.60 bits per heavy atom. The van der Waals surface area contributed by atoms with Crippen molar-refractivity contribution in [1.29, 1.82) is 0 Å². The molecule has 1 aromatic rings. The first kappa shape index (κ1) is 9.19. The average Bonchev–Trinajstić information content (AvgIpc) is 2.99. The van der Waals surface area contributed by atoms with Crippen molar-refractivity contribution in [2.24, 2.45) is 5.16 Å². The van der Waals surface area contributed by atoms with Crippen LogP contribution in [-0.4, -0.2) is 24.5 Å². The highest BCUT2D eigenvalue weighted by Gasteiger charge is 2.38. The van der Waals surface area contributed by atoms with Gasteiger partial charge in [-0.25, -0.2) is 0 Å². The molecule has 2 atom stereocenters. The molecular weight excluding hydrogens is 214 g/mol. The van der Waals surface area contributed by atoms with E-state index in [2.05, 4.69) is 5.16 Å². The smallest absolute Gasteiger partial charge is 0.161 e. The van der Waals surface area contributed by atoms with Crippen molar-refractivity contribution in [3.8, 4) is 0 Å². The molecule has 0 radical (unpaired) electrons. The fourth-order valence-corrected chi connectivity index (χ4v) is 1.80. The van der Waals surface area contributed by atoms with Gasteiger partial charge in [-0.2, -0.15) is 0 Å². The van der Waals surface area contributed by atoms with E-state index >= 15 is 0 Å². The van der Waals surface area contributed by atoms with Crippen LogP contribution in [0.25, 0.3) is 0 Å². The molecule has 4 heteroatoms. The molecule has 3 nitrogen and oxygen atoms in total. The van der Waals surface area contributed by atoms with Crippen molar-refractivity contribution in [2.45, 2.75) is 18.6 Å². The molecule has 2 aliphatic rings. The monoisotopic (exact) mass is 223 g/mol. The molecule has 0 bridgehead atoms. The Hall–Kier alpha value is -1.06. The lowest BCUT2D eigenvalue weighted by Gasteiger charge is -2.02. The van der Waals surface area contributed by atoms with Gasteiger partial charge in [-0.1, -0.05) is 28.9 Å². The molecule has 78 valence electrons. The fraction of sp³-hybridized carbons (Fsp3) is 0.364. The van der Waals surface area contributed by atoms with Crippen LogP contribution in [0.1, 0.15) is 12.0 Å². The van der Waals surface area contributed by atoms with Crippen LogP contribution in [0.3, 0.4) is 0 Å². The molecule has 0 N–H and O–H groups in total. The average molecular weight is 224 g/mol. The summed E-state index contributed by atoms with van der Waals surface area (Å²) in [5.41, 5.74) is 2.05. The Balaban J connectivity index is 1.75. The van der Waals surface area contributed by atoms with Gasteiger partial charge in [-0.15, -0.1) is 0 Å². The van der Waals surface area contributed by atoms with E-state index in [1.807, 2.05) is 24.3 Å². The van der Waals surface area contributed by atoms with Crippen LogP contribution in [-0.2, 0) is 9.57 Å². The van der Waals surface area contributed by atoms with E-state index < -0.39 is 0 Å². The number of oxime groups is 1. The van der Waals surface area contributed by atoms with Gasteiger partial charge in [0.2, 0.25) is 0 Å². The molecule has 2 aliphatic heterocycles. The zero-order chi connectivity index (χ0) is 10.3. The third kappa shape index (κ3) is 1.85. The van der Waals surface area contributed by atoms with Gasteiger partial charge in [-0.3, -0.25) is 0 Å². The largest absolute Gasteiger partial charge is 0.389 e. The molecule has 0 aromatic heterocycles. The molecular formula is C11H10ClNO2. The predicted octanol–water partition coefficient (Wildman–Crippen LogP) is 2.23. The van der Waals surface area contributed by atoms with Gasteiger partial charge in [-0.05, 0) is 17.7 Å². The second kappa shape index (κ2) is 3.51. The van der Waals surface area contributed by atoms with Gasteiger partial charge in [0.15, 0.2) is 6.10 Å². The summed E-state index contributed by atoms with van der Waals surface area (Å²) in [4.78, 5) is 5.30. The number of nitrogens with zero attached hydrogens (tertiary/aromatic N) is 1. The van der Waals surface area contributed by atoms with Crippen molar-refractivity contribution in [3.63, 3.8) is 0 Å². The fourth-order valence-electron chi connectivity index (χ4n) is 1.68. The SMILES string of the molecule is Clc1ccc(C2=NO[C@@H]([C@H]3CO3)C2)cc1. The summed E-state index contributed by atoms with van der Waals surface area (Å²) in [5, 5.41) is 4.81. The van der Waals surface area contributed by atoms with E-state index in [1.54, 1.807) is 0 Å². The quantitative estimate of drug-likeness (QED) is 0.721. The number of benzene rings is 1. The third-order valence-electron chi connectivity index (χ3n) is 2.64. The summed E-state index contributed by atoms with van der Waals surface area (Å²) in [6, 6.07) is 7.64.